The molecule has 0 amide bonds. The number of fused-ring (bicyclic) bond motifs is 1. The van der Waals surface area contributed by atoms with E-state index in [-0.39, 0.29) is 10.6 Å². The number of H-pyrrole nitrogens is 1. The quantitative estimate of drug-likeness (QED) is 0.790. The van der Waals surface area contributed by atoms with Crippen LogP contribution >= 0.6 is 11.6 Å². The van der Waals surface area contributed by atoms with Crippen molar-refractivity contribution in [3.05, 3.63) is 69.2 Å². The van der Waals surface area contributed by atoms with Gasteiger partial charge in [-0.05, 0) is 29.8 Å². The van der Waals surface area contributed by atoms with E-state index in [4.69, 9.17) is 11.6 Å². The van der Waals surface area contributed by atoms with Gasteiger partial charge in [0.15, 0.2) is 0 Å². The lowest BCUT2D eigenvalue weighted by molar-refractivity contribution is 0.628. The molecule has 0 saturated carbocycles. The van der Waals surface area contributed by atoms with Crippen molar-refractivity contribution in [2.24, 2.45) is 0 Å². The lowest BCUT2D eigenvalue weighted by Crippen LogP contribution is -2.09. The summed E-state index contributed by atoms with van der Waals surface area (Å²) in [6, 6.07) is 5.96. The van der Waals surface area contributed by atoms with Gasteiger partial charge < -0.3 is 4.98 Å². The van der Waals surface area contributed by atoms with Crippen LogP contribution in [0.3, 0.4) is 0 Å². The molecule has 104 valence electrons. The van der Waals surface area contributed by atoms with Crippen LogP contribution in [-0.4, -0.2) is 15.0 Å². The smallest absolute Gasteiger partial charge is 0.259 e. The summed E-state index contributed by atoms with van der Waals surface area (Å²) in [5.74, 6) is -0.0851. The summed E-state index contributed by atoms with van der Waals surface area (Å²) in [5.41, 5.74) is 0.979. The molecule has 0 aliphatic rings. The number of halogens is 2. The summed E-state index contributed by atoms with van der Waals surface area (Å²) in [4.78, 5) is 22.8. The summed E-state index contributed by atoms with van der Waals surface area (Å²) in [7, 11) is 0. The van der Waals surface area contributed by atoms with E-state index in [1.165, 1.54) is 24.5 Å². The highest BCUT2D eigenvalue weighted by Gasteiger charge is 2.02. The van der Waals surface area contributed by atoms with E-state index in [0.717, 1.165) is 0 Å². The second kappa shape index (κ2) is 5.46. The van der Waals surface area contributed by atoms with Crippen LogP contribution in [0.2, 0.25) is 5.02 Å². The van der Waals surface area contributed by atoms with Crippen LogP contribution in [0, 0.1) is 5.82 Å². The molecule has 0 aliphatic heterocycles. The van der Waals surface area contributed by atoms with Gasteiger partial charge in [0.1, 0.15) is 11.6 Å². The third-order valence-corrected chi connectivity index (χ3v) is 3.19. The summed E-state index contributed by atoms with van der Waals surface area (Å²) in [6.07, 6.45) is 6.37. The van der Waals surface area contributed by atoms with E-state index in [1.54, 1.807) is 24.3 Å². The monoisotopic (exact) mass is 301 g/mol. The van der Waals surface area contributed by atoms with Crippen molar-refractivity contribution in [2.45, 2.75) is 0 Å². The molecule has 0 unspecified atom stereocenters. The highest BCUT2D eigenvalue weighted by atomic mass is 35.5. The molecule has 2 heterocycles. The van der Waals surface area contributed by atoms with Crippen LogP contribution in [-0.2, 0) is 0 Å². The molecule has 1 N–H and O–H groups in total. The molecule has 0 bridgehead atoms. The molecular formula is C15H9ClFN3O. The van der Waals surface area contributed by atoms with Crippen molar-refractivity contribution in [3.8, 4) is 0 Å². The summed E-state index contributed by atoms with van der Waals surface area (Å²) in [6.45, 7) is 0. The Balaban J connectivity index is 1.99. The second-order valence-corrected chi connectivity index (χ2v) is 4.76. The SMILES string of the molecule is O=c1[nH]c(/C=C/c2ccc(F)c(Cl)c2)nc2cnccc12. The zero-order valence-electron chi connectivity index (χ0n) is 10.7. The van der Waals surface area contributed by atoms with Crippen molar-refractivity contribution < 1.29 is 4.39 Å². The predicted octanol–water partition coefficient (Wildman–Crippen LogP) is 3.28. The number of benzene rings is 1. The predicted molar refractivity (Wildman–Crippen MR) is 80.5 cm³/mol. The standard InChI is InChI=1S/C15H9ClFN3O/c16-11-7-9(1-3-12(11)17)2-4-14-19-13-8-18-6-5-10(13)15(21)20-14/h1-8H,(H,19,20,21)/b4-2+. The molecule has 0 spiro atoms. The van der Waals surface area contributed by atoms with Gasteiger partial charge in [0.05, 0.1) is 22.1 Å². The van der Waals surface area contributed by atoms with Crippen LogP contribution in [0.1, 0.15) is 11.4 Å². The van der Waals surface area contributed by atoms with Crippen LogP contribution < -0.4 is 5.56 Å². The van der Waals surface area contributed by atoms with E-state index in [9.17, 15) is 9.18 Å². The Morgan fingerprint density at radius 1 is 1.24 bits per heavy atom. The highest BCUT2D eigenvalue weighted by Crippen LogP contribution is 2.17. The number of pyridine rings is 1. The first kappa shape index (κ1) is 13.5. The van der Waals surface area contributed by atoms with Gasteiger partial charge in [-0.2, -0.15) is 0 Å². The number of rotatable bonds is 2. The van der Waals surface area contributed by atoms with Crippen LogP contribution in [0.15, 0.2) is 41.5 Å². The van der Waals surface area contributed by atoms with Crippen molar-refractivity contribution >= 4 is 34.7 Å². The molecule has 0 saturated heterocycles. The Bertz CT molecular complexity index is 905. The number of aromatic amines is 1. The molecule has 4 nitrogen and oxygen atoms in total. The molecule has 3 aromatic rings. The number of nitrogens with one attached hydrogen (secondary N) is 1. The van der Waals surface area contributed by atoms with Crippen LogP contribution in [0.5, 0.6) is 0 Å². The van der Waals surface area contributed by atoms with Gasteiger partial charge in [-0.1, -0.05) is 23.7 Å². The fourth-order valence-corrected chi connectivity index (χ4v) is 2.07. The molecule has 3 rings (SSSR count). The maximum atomic E-state index is 13.1. The lowest BCUT2D eigenvalue weighted by Gasteiger charge is -1.99. The van der Waals surface area contributed by atoms with Gasteiger partial charge in [-0.3, -0.25) is 9.78 Å². The Morgan fingerprint density at radius 2 is 2.10 bits per heavy atom. The second-order valence-electron chi connectivity index (χ2n) is 4.35. The Hall–Kier alpha value is -2.53. The van der Waals surface area contributed by atoms with Crippen LogP contribution in [0.4, 0.5) is 4.39 Å². The Morgan fingerprint density at radius 3 is 2.90 bits per heavy atom. The molecule has 21 heavy (non-hydrogen) atoms. The van der Waals surface area contributed by atoms with Crippen LogP contribution in [0.25, 0.3) is 23.1 Å². The van der Waals surface area contributed by atoms with Gasteiger partial charge in [0.25, 0.3) is 5.56 Å². The van der Waals surface area contributed by atoms with Crippen molar-refractivity contribution in [2.75, 3.05) is 0 Å². The molecular weight excluding hydrogens is 293 g/mol. The van der Waals surface area contributed by atoms with E-state index < -0.39 is 5.82 Å². The first-order valence-corrected chi connectivity index (χ1v) is 6.48. The summed E-state index contributed by atoms with van der Waals surface area (Å²) >= 11 is 5.71. The van der Waals surface area contributed by atoms with Crippen molar-refractivity contribution in [3.63, 3.8) is 0 Å². The number of hydrogen-bond acceptors (Lipinski definition) is 3. The Kier molecular flexibility index (Phi) is 3.50. The normalized spacial score (nSPS) is 11.3. The fourth-order valence-electron chi connectivity index (χ4n) is 1.88. The molecule has 0 fully saturated rings. The van der Waals surface area contributed by atoms with Crippen molar-refractivity contribution in [1.82, 2.24) is 15.0 Å². The van der Waals surface area contributed by atoms with E-state index >= 15 is 0 Å². The number of hydrogen-bond donors (Lipinski definition) is 1. The van der Waals surface area contributed by atoms with E-state index in [2.05, 4.69) is 15.0 Å². The zero-order chi connectivity index (χ0) is 14.8. The molecule has 0 aliphatic carbocycles. The molecule has 6 heteroatoms. The fraction of sp³-hybridized carbons (Fsp3) is 0. The first-order chi connectivity index (χ1) is 10.1. The molecule has 0 atom stereocenters. The van der Waals surface area contributed by atoms with Gasteiger partial charge >= 0.3 is 0 Å². The molecule has 1 aromatic carbocycles. The van der Waals surface area contributed by atoms with Crippen molar-refractivity contribution in [1.29, 1.82) is 0 Å². The number of nitrogens with zero attached hydrogens (tertiary/aromatic N) is 2. The maximum Gasteiger partial charge on any atom is 0.259 e. The topological polar surface area (TPSA) is 58.6 Å². The highest BCUT2D eigenvalue weighted by molar-refractivity contribution is 6.30. The summed E-state index contributed by atoms with van der Waals surface area (Å²) in [5, 5.41) is 0.522. The van der Waals surface area contributed by atoms with E-state index in [0.29, 0.717) is 22.3 Å². The maximum absolute atomic E-state index is 13.1. The average molecular weight is 302 g/mol. The van der Waals surface area contributed by atoms with Gasteiger partial charge in [0.2, 0.25) is 0 Å². The van der Waals surface area contributed by atoms with Gasteiger partial charge in [0, 0.05) is 6.20 Å². The minimum Gasteiger partial charge on any atom is -0.306 e. The lowest BCUT2D eigenvalue weighted by atomic mass is 10.2. The van der Waals surface area contributed by atoms with Gasteiger partial charge in [-0.15, -0.1) is 0 Å². The minimum atomic E-state index is -0.475. The van der Waals surface area contributed by atoms with E-state index in [1.807, 2.05) is 0 Å². The average Bonchev–Trinajstić information content (AvgIpc) is 2.49. The zero-order valence-corrected chi connectivity index (χ0v) is 11.4. The first-order valence-electron chi connectivity index (χ1n) is 6.11. The number of aromatic nitrogens is 3. The molecule has 0 radical (unpaired) electrons. The third kappa shape index (κ3) is 2.83. The third-order valence-electron chi connectivity index (χ3n) is 2.90. The molecule has 2 aromatic heterocycles. The minimum absolute atomic E-state index is 0.0429. The van der Waals surface area contributed by atoms with Gasteiger partial charge in [-0.25, -0.2) is 9.37 Å². The largest absolute Gasteiger partial charge is 0.306 e. The Labute approximate surface area is 123 Å². The summed E-state index contributed by atoms with van der Waals surface area (Å²) < 4.78 is 13.1.